The number of thioether (sulfide) groups is 1. The van der Waals surface area contributed by atoms with Crippen molar-refractivity contribution in [1.82, 2.24) is 9.97 Å². The SMILES string of the molecule is CSc1cnc(OCC=O)nc1. The van der Waals surface area contributed by atoms with Crippen molar-refractivity contribution >= 4 is 18.0 Å². The molecule has 0 saturated heterocycles. The first-order valence-electron chi connectivity index (χ1n) is 3.29. The normalized spacial score (nSPS) is 9.42. The Morgan fingerprint density at radius 2 is 2.25 bits per heavy atom. The van der Waals surface area contributed by atoms with E-state index in [4.69, 9.17) is 4.74 Å². The predicted molar refractivity (Wildman–Crippen MR) is 45.4 cm³/mol. The quantitative estimate of drug-likeness (QED) is 0.511. The predicted octanol–water partition coefficient (Wildman–Crippen LogP) is 0.776. The summed E-state index contributed by atoms with van der Waals surface area (Å²) in [6.45, 7) is -0.00137. The van der Waals surface area contributed by atoms with Gasteiger partial charge in [-0.1, -0.05) is 0 Å². The lowest BCUT2D eigenvalue weighted by Crippen LogP contribution is -2.01. The second-order valence-corrected chi connectivity index (χ2v) is 2.76. The molecule has 0 spiro atoms. The van der Waals surface area contributed by atoms with E-state index in [0.717, 1.165) is 4.90 Å². The van der Waals surface area contributed by atoms with Gasteiger partial charge in [-0.2, -0.15) is 0 Å². The van der Waals surface area contributed by atoms with Gasteiger partial charge < -0.3 is 4.74 Å². The molecule has 0 aliphatic carbocycles. The van der Waals surface area contributed by atoms with Crippen LogP contribution in [0.2, 0.25) is 0 Å². The van der Waals surface area contributed by atoms with E-state index in [1.54, 1.807) is 24.2 Å². The lowest BCUT2D eigenvalue weighted by atomic mass is 10.7. The second kappa shape index (κ2) is 4.71. The third-order valence-corrected chi connectivity index (χ3v) is 1.80. The number of carbonyl (C=O) groups excluding carboxylic acids is 1. The molecule has 0 aliphatic rings. The molecule has 12 heavy (non-hydrogen) atoms. The van der Waals surface area contributed by atoms with E-state index >= 15 is 0 Å². The molecule has 1 rings (SSSR count). The van der Waals surface area contributed by atoms with Crippen molar-refractivity contribution in [3.8, 4) is 6.01 Å². The van der Waals surface area contributed by atoms with Crippen LogP contribution in [0.4, 0.5) is 0 Å². The summed E-state index contributed by atoms with van der Waals surface area (Å²) in [6.07, 6.45) is 5.89. The van der Waals surface area contributed by atoms with Gasteiger partial charge in [0.15, 0.2) is 6.29 Å². The fourth-order valence-electron chi connectivity index (χ4n) is 0.593. The summed E-state index contributed by atoms with van der Waals surface area (Å²) in [5, 5.41) is 0. The molecule has 0 fully saturated rings. The summed E-state index contributed by atoms with van der Waals surface area (Å²) in [4.78, 5) is 18.6. The molecule has 0 atom stereocenters. The van der Waals surface area contributed by atoms with Gasteiger partial charge in [0, 0.05) is 17.3 Å². The van der Waals surface area contributed by atoms with E-state index in [-0.39, 0.29) is 12.6 Å². The van der Waals surface area contributed by atoms with Gasteiger partial charge in [-0.15, -0.1) is 11.8 Å². The summed E-state index contributed by atoms with van der Waals surface area (Å²) in [5.41, 5.74) is 0. The lowest BCUT2D eigenvalue weighted by molar-refractivity contribution is -0.109. The third-order valence-electron chi connectivity index (χ3n) is 1.12. The molecule has 0 saturated carbocycles. The summed E-state index contributed by atoms with van der Waals surface area (Å²) >= 11 is 1.55. The molecule has 64 valence electrons. The molecule has 0 amide bonds. The van der Waals surface area contributed by atoms with Crippen LogP contribution in [0.3, 0.4) is 0 Å². The molecular formula is C7H8N2O2S. The zero-order valence-electron chi connectivity index (χ0n) is 6.56. The monoisotopic (exact) mass is 184 g/mol. The standard InChI is InChI=1S/C7H8N2O2S/c1-12-6-4-8-7(9-5-6)11-3-2-10/h2,4-5H,3H2,1H3. The minimum absolute atomic E-state index is 0.00137. The van der Waals surface area contributed by atoms with E-state index in [2.05, 4.69) is 9.97 Å². The number of rotatable bonds is 4. The van der Waals surface area contributed by atoms with Gasteiger partial charge >= 0.3 is 6.01 Å². The zero-order valence-corrected chi connectivity index (χ0v) is 7.37. The van der Waals surface area contributed by atoms with E-state index in [9.17, 15) is 4.79 Å². The summed E-state index contributed by atoms with van der Waals surface area (Å²) in [7, 11) is 0. The van der Waals surface area contributed by atoms with Crippen molar-refractivity contribution in [1.29, 1.82) is 0 Å². The number of carbonyl (C=O) groups is 1. The van der Waals surface area contributed by atoms with Crippen molar-refractivity contribution in [3.63, 3.8) is 0 Å². The van der Waals surface area contributed by atoms with Crippen LogP contribution in [0.25, 0.3) is 0 Å². The van der Waals surface area contributed by atoms with Crippen molar-refractivity contribution < 1.29 is 9.53 Å². The highest BCUT2D eigenvalue weighted by molar-refractivity contribution is 7.98. The average Bonchev–Trinajstić information content (AvgIpc) is 2.15. The first kappa shape index (κ1) is 8.99. The van der Waals surface area contributed by atoms with Gasteiger partial charge in [0.1, 0.15) is 6.61 Å². The summed E-state index contributed by atoms with van der Waals surface area (Å²) in [5.74, 6) is 0. The molecule has 1 aromatic rings. The highest BCUT2D eigenvalue weighted by atomic mass is 32.2. The third kappa shape index (κ3) is 2.50. The molecule has 5 heteroatoms. The van der Waals surface area contributed by atoms with Crippen molar-refractivity contribution in [2.75, 3.05) is 12.9 Å². The molecule has 1 aromatic heterocycles. The fourth-order valence-corrected chi connectivity index (χ4v) is 0.909. The molecule has 0 aromatic carbocycles. The average molecular weight is 184 g/mol. The molecule has 0 unspecified atom stereocenters. The van der Waals surface area contributed by atoms with Crippen LogP contribution in [0, 0.1) is 0 Å². The number of hydrogen-bond donors (Lipinski definition) is 0. The Bertz CT molecular complexity index is 250. The van der Waals surface area contributed by atoms with Gasteiger partial charge in [-0.3, -0.25) is 4.79 Å². The van der Waals surface area contributed by atoms with Crippen LogP contribution in [-0.4, -0.2) is 29.1 Å². The molecule has 0 N–H and O–H groups in total. The molecule has 4 nitrogen and oxygen atoms in total. The maximum Gasteiger partial charge on any atom is 0.316 e. The smallest absolute Gasteiger partial charge is 0.316 e. The fraction of sp³-hybridized carbons (Fsp3) is 0.286. The van der Waals surface area contributed by atoms with Gasteiger partial charge in [-0.05, 0) is 6.26 Å². The Hall–Kier alpha value is -1.10. The first-order chi connectivity index (χ1) is 5.86. The van der Waals surface area contributed by atoms with Crippen LogP contribution in [0.15, 0.2) is 17.3 Å². The first-order valence-corrected chi connectivity index (χ1v) is 4.51. The lowest BCUT2D eigenvalue weighted by Gasteiger charge is -1.98. The maximum atomic E-state index is 9.92. The number of aromatic nitrogens is 2. The Balaban J connectivity index is 2.58. The van der Waals surface area contributed by atoms with E-state index in [0.29, 0.717) is 6.29 Å². The van der Waals surface area contributed by atoms with Crippen LogP contribution in [0.1, 0.15) is 0 Å². The van der Waals surface area contributed by atoms with Crippen molar-refractivity contribution in [3.05, 3.63) is 12.4 Å². The molecular weight excluding hydrogens is 176 g/mol. The highest BCUT2D eigenvalue weighted by Crippen LogP contribution is 2.12. The van der Waals surface area contributed by atoms with Crippen LogP contribution >= 0.6 is 11.8 Å². The van der Waals surface area contributed by atoms with Crippen molar-refractivity contribution in [2.24, 2.45) is 0 Å². The Kier molecular flexibility index (Phi) is 3.53. The minimum Gasteiger partial charge on any atom is -0.456 e. The summed E-state index contributed by atoms with van der Waals surface area (Å²) < 4.78 is 4.86. The number of ether oxygens (including phenoxy) is 1. The van der Waals surface area contributed by atoms with Gasteiger partial charge in [0.2, 0.25) is 0 Å². The Morgan fingerprint density at radius 1 is 1.58 bits per heavy atom. The molecule has 1 heterocycles. The zero-order chi connectivity index (χ0) is 8.81. The topological polar surface area (TPSA) is 52.1 Å². The number of aldehydes is 1. The van der Waals surface area contributed by atoms with Gasteiger partial charge in [0.25, 0.3) is 0 Å². The van der Waals surface area contributed by atoms with E-state index in [1.807, 2.05) is 6.26 Å². The van der Waals surface area contributed by atoms with Gasteiger partial charge in [-0.25, -0.2) is 9.97 Å². The van der Waals surface area contributed by atoms with E-state index in [1.165, 1.54) is 0 Å². The molecule has 0 aliphatic heterocycles. The Morgan fingerprint density at radius 3 is 2.75 bits per heavy atom. The van der Waals surface area contributed by atoms with Crippen LogP contribution in [0.5, 0.6) is 6.01 Å². The second-order valence-electron chi connectivity index (χ2n) is 1.88. The minimum atomic E-state index is -0.00137. The maximum absolute atomic E-state index is 9.92. The number of nitrogens with zero attached hydrogens (tertiary/aromatic N) is 2. The van der Waals surface area contributed by atoms with Gasteiger partial charge in [0.05, 0.1) is 0 Å². The highest BCUT2D eigenvalue weighted by Gasteiger charge is 1.95. The van der Waals surface area contributed by atoms with Crippen LogP contribution < -0.4 is 4.74 Å². The number of hydrogen-bond acceptors (Lipinski definition) is 5. The summed E-state index contributed by atoms with van der Waals surface area (Å²) in [6, 6.07) is 0.236. The largest absolute Gasteiger partial charge is 0.456 e. The molecule has 0 bridgehead atoms. The van der Waals surface area contributed by atoms with Crippen LogP contribution in [-0.2, 0) is 4.79 Å². The molecule has 0 radical (unpaired) electrons. The van der Waals surface area contributed by atoms with E-state index < -0.39 is 0 Å². The van der Waals surface area contributed by atoms with Crippen molar-refractivity contribution in [2.45, 2.75) is 4.90 Å². The Labute approximate surface area is 74.4 Å².